The van der Waals surface area contributed by atoms with Crippen molar-refractivity contribution in [2.45, 2.75) is 27.2 Å². The fourth-order valence-electron chi connectivity index (χ4n) is 3.16. The number of hydrogen-bond acceptors (Lipinski definition) is 4. The van der Waals surface area contributed by atoms with Gasteiger partial charge >= 0.3 is 0 Å². The minimum Gasteiger partial charge on any atom is -0.326 e. The van der Waals surface area contributed by atoms with Gasteiger partial charge in [-0.15, -0.1) is 0 Å². The SMILES string of the molecule is Cc1ccc(N2CC(C(=O)Nc3ccc([N+](=O)[O-])cc3C)CC2=O)cc1C. The van der Waals surface area contributed by atoms with Crippen LogP contribution in [0.25, 0.3) is 0 Å². The van der Waals surface area contributed by atoms with Gasteiger partial charge in [-0.25, -0.2) is 0 Å². The lowest BCUT2D eigenvalue weighted by Gasteiger charge is -2.18. The first-order valence-corrected chi connectivity index (χ1v) is 8.70. The van der Waals surface area contributed by atoms with Crippen LogP contribution in [0.5, 0.6) is 0 Å². The third-order valence-corrected chi connectivity index (χ3v) is 4.98. The Morgan fingerprint density at radius 2 is 1.85 bits per heavy atom. The number of nitrogens with zero attached hydrogens (tertiary/aromatic N) is 2. The van der Waals surface area contributed by atoms with Gasteiger partial charge < -0.3 is 10.2 Å². The van der Waals surface area contributed by atoms with Crippen molar-refractivity contribution in [3.8, 4) is 0 Å². The molecule has 1 N–H and O–H groups in total. The van der Waals surface area contributed by atoms with Crippen LogP contribution in [0.1, 0.15) is 23.1 Å². The number of non-ortho nitro benzene ring substituents is 1. The zero-order valence-corrected chi connectivity index (χ0v) is 15.5. The highest BCUT2D eigenvalue weighted by atomic mass is 16.6. The summed E-state index contributed by atoms with van der Waals surface area (Å²) < 4.78 is 0. The summed E-state index contributed by atoms with van der Waals surface area (Å²) in [5.41, 5.74) is 4.13. The first kappa shape index (κ1) is 18.6. The van der Waals surface area contributed by atoms with E-state index in [1.807, 2.05) is 32.0 Å². The largest absolute Gasteiger partial charge is 0.326 e. The first-order valence-electron chi connectivity index (χ1n) is 8.70. The number of nitrogens with one attached hydrogen (secondary N) is 1. The standard InChI is InChI=1S/C20H21N3O4/c1-12-4-5-16(8-13(12)2)22-11-15(10-19(22)24)20(25)21-18-7-6-17(23(26)27)9-14(18)3/h4-9,15H,10-11H2,1-3H3,(H,21,25). The van der Waals surface area contributed by atoms with E-state index in [-0.39, 0.29) is 23.9 Å². The highest BCUT2D eigenvalue weighted by Crippen LogP contribution is 2.28. The average Bonchev–Trinajstić information content (AvgIpc) is 3.01. The fourth-order valence-corrected chi connectivity index (χ4v) is 3.16. The van der Waals surface area contributed by atoms with E-state index in [0.717, 1.165) is 16.8 Å². The zero-order valence-electron chi connectivity index (χ0n) is 15.5. The monoisotopic (exact) mass is 367 g/mol. The summed E-state index contributed by atoms with van der Waals surface area (Å²) in [5.74, 6) is -0.806. The number of nitro groups is 1. The molecule has 3 rings (SSSR count). The maximum absolute atomic E-state index is 12.6. The normalized spacial score (nSPS) is 16.5. The van der Waals surface area contributed by atoms with Gasteiger partial charge in [0.15, 0.2) is 0 Å². The molecule has 140 valence electrons. The van der Waals surface area contributed by atoms with Gasteiger partial charge in [0, 0.05) is 36.5 Å². The number of nitro benzene ring substituents is 1. The minimum absolute atomic E-state index is 0.0255. The van der Waals surface area contributed by atoms with Crippen LogP contribution in [0.2, 0.25) is 0 Å². The van der Waals surface area contributed by atoms with E-state index in [9.17, 15) is 19.7 Å². The van der Waals surface area contributed by atoms with Crippen LogP contribution >= 0.6 is 0 Å². The molecular formula is C20H21N3O4. The molecule has 1 unspecified atom stereocenters. The van der Waals surface area contributed by atoms with Crippen LogP contribution in [0, 0.1) is 36.8 Å². The Labute approximate surface area is 157 Å². The molecule has 0 bridgehead atoms. The Morgan fingerprint density at radius 1 is 1.11 bits per heavy atom. The first-order chi connectivity index (χ1) is 12.8. The highest BCUT2D eigenvalue weighted by molar-refractivity contribution is 6.03. The maximum Gasteiger partial charge on any atom is 0.269 e. The summed E-state index contributed by atoms with van der Waals surface area (Å²) in [6, 6.07) is 10.1. The summed E-state index contributed by atoms with van der Waals surface area (Å²) in [6.45, 7) is 6.01. The molecular weight excluding hydrogens is 346 g/mol. The van der Waals surface area contributed by atoms with Crippen molar-refractivity contribution in [2.24, 2.45) is 5.92 Å². The molecule has 27 heavy (non-hydrogen) atoms. The van der Waals surface area contributed by atoms with Crippen molar-refractivity contribution < 1.29 is 14.5 Å². The molecule has 0 saturated carbocycles. The summed E-state index contributed by atoms with van der Waals surface area (Å²) in [7, 11) is 0. The van der Waals surface area contributed by atoms with Gasteiger partial charge in [0.05, 0.1) is 10.8 Å². The Morgan fingerprint density at radius 3 is 2.48 bits per heavy atom. The van der Waals surface area contributed by atoms with E-state index < -0.39 is 10.8 Å². The van der Waals surface area contributed by atoms with Gasteiger partial charge in [0.25, 0.3) is 5.69 Å². The van der Waals surface area contributed by atoms with Crippen molar-refractivity contribution in [2.75, 3.05) is 16.8 Å². The number of hydrogen-bond donors (Lipinski definition) is 1. The number of anilines is 2. The molecule has 7 nitrogen and oxygen atoms in total. The predicted octanol–water partition coefficient (Wildman–Crippen LogP) is 3.51. The van der Waals surface area contributed by atoms with Crippen molar-refractivity contribution in [1.82, 2.24) is 0 Å². The predicted molar refractivity (Wildman–Crippen MR) is 103 cm³/mol. The minimum atomic E-state index is -0.477. The number of benzene rings is 2. The number of aryl methyl sites for hydroxylation is 3. The molecule has 0 aliphatic carbocycles. The summed E-state index contributed by atoms with van der Waals surface area (Å²) in [5, 5.41) is 13.6. The second kappa shape index (κ2) is 7.19. The van der Waals surface area contributed by atoms with E-state index in [0.29, 0.717) is 17.8 Å². The molecule has 7 heteroatoms. The van der Waals surface area contributed by atoms with Gasteiger partial charge in [-0.1, -0.05) is 6.07 Å². The van der Waals surface area contributed by atoms with Crippen molar-refractivity contribution in [1.29, 1.82) is 0 Å². The zero-order chi connectivity index (χ0) is 19.7. The highest BCUT2D eigenvalue weighted by Gasteiger charge is 2.35. The molecule has 1 saturated heterocycles. The summed E-state index contributed by atoms with van der Waals surface area (Å²) >= 11 is 0. The van der Waals surface area contributed by atoms with Gasteiger partial charge in [0.1, 0.15) is 0 Å². The number of rotatable bonds is 4. The van der Waals surface area contributed by atoms with E-state index in [2.05, 4.69) is 5.32 Å². The molecule has 1 aliphatic rings. The smallest absolute Gasteiger partial charge is 0.269 e. The maximum atomic E-state index is 12.6. The van der Waals surface area contributed by atoms with Crippen LogP contribution in [0.15, 0.2) is 36.4 Å². The van der Waals surface area contributed by atoms with E-state index >= 15 is 0 Å². The Hall–Kier alpha value is -3.22. The van der Waals surface area contributed by atoms with Crippen LogP contribution in [-0.4, -0.2) is 23.3 Å². The molecule has 1 heterocycles. The molecule has 1 fully saturated rings. The average molecular weight is 367 g/mol. The molecule has 2 amide bonds. The van der Waals surface area contributed by atoms with Gasteiger partial charge in [-0.3, -0.25) is 19.7 Å². The third-order valence-electron chi connectivity index (χ3n) is 4.98. The van der Waals surface area contributed by atoms with Crippen LogP contribution in [0.4, 0.5) is 17.1 Å². The second-order valence-corrected chi connectivity index (χ2v) is 6.92. The number of carbonyl (C=O) groups is 2. The van der Waals surface area contributed by atoms with E-state index in [1.54, 1.807) is 11.8 Å². The third kappa shape index (κ3) is 3.81. The van der Waals surface area contributed by atoms with Crippen LogP contribution in [-0.2, 0) is 9.59 Å². The van der Waals surface area contributed by atoms with Crippen molar-refractivity contribution >= 4 is 28.9 Å². The molecule has 0 radical (unpaired) electrons. The quantitative estimate of drug-likeness (QED) is 0.661. The fraction of sp³-hybridized carbons (Fsp3) is 0.300. The molecule has 1 aliphatic heterocycles. The summed E-state index contributed by atoms with van der Waals surface area (Å²) in [6.07, 6.45) is 0.144. The molecule has 2 aromatic carbocycles. The van der Waals surface area contributed by atoms with Crippen LogP contribution in [0.3, 0.4) is 0 Å². The topological polar surface area (TPSA) is 92.6 Å². The molecule has 0 aromatic heterocycles. The second-order valence-electron chi connectivity index (χ2n) is 6.92. The van der Waals surface area contributed by atoms with Crippen LogP contribution < -0.4 is 10.2 Å². The Balaban J connectivity index is 1.72. The lowest BCUT2D eigenvalue weighted by Crippen LogP contribution is -2.28. The van der Waals surface area contributed by atoms with Crippen molar-refractivity contribution in [3.63, 3.8) is 0 Å². The van der Waals surface area contributed by atoms with Crippen molar-refractivity contribution in [3.05, 3.63) is 63.2 Å². The van der Waals surface area contributed by atoms with Gasteiger partial charge in [0.2, 0.25) is 11.8 Å². The molecule has 1 atom stereocenters. The Kier molecular flexibility index (Phi) is 4.94. The van der Waals surface area contributed by atoms with E-state index in [1.165, 1.54) is 18.2 Å². The summed E-state index contributed by atoms with van der Waals surface area (Å²) in [4.78, 5) is 37.0. The lowest BCUT2D eigenvalue weighted by molar-refractivity contribution is -0.384. The Bertz CT molecular complexity index is 939. The lowest BCUT2D eigenvalue weighted by atomic mass is 10.1. The molecule has 0 spiro atoms. The molecule has 2 aromatic rings. The number of amides is 2. The van der Waals surface area contributed by atoms with Gasteiger partial charge in [-0.05, 0) is 55.7 Å². The van der Waals surface area contributed by atoms with Gasteiger partial charge in [-0.2, -0.15) is 0 Å². The van der Waals surface area contributed by atoms with E-state index in [4.69, 9.17) is 0 Å². The number of carbonyl (C=O) groups excluding carboxylic acids is 2.